The molecule has 0 aliphatic rings. The maximum absolute atomic E-state index is 12.6. The van der Waals surface area contributed by atoms with Crippen LogP contribution in [0.3, 0.4) is 0 Å². The van der Waals surface area contributed by atoms with E-state index in [-0.39, 0.29) is 0 Å². The molecule has 0 aromatic heterocycles. The lowest BCUT2D eigenvalue weighted by Crippen LogP contribution is -2.20. The van der Waals surface area contributed by atoms with E-state index in [0.29, 0.717) is 5.56 Å². The monoisotopic (exact) mass is 164 g/mol. The molecule has 0 fully saturated rings. The van der Waals surface area contributed by atoms with Crippen molar-refractivity contribution >= 4 is 0 Å². The fourth-order valence-corrected chi connectivity index (χ4v) is 0.898. The second-order valence-electron chi connectivity index (χ2n) is 2.50. The van der Waals surface area contributed by atoms with E-state index in [9.17, 15) is 9.50 Å². The van der Waals surface area contributed by atoms with Gasteiger partial charge in [-0.15, -0.1) is 0 Å². The Morgan fingerprint density at radius 3 is 2.50 bits per heavy atom. The number of rotatable bonds is 2. The molecule has 1 aromatic rings. The Bertz CT molecular complexity index is 289. The van der Waals surface area contributed by atoms with Crippen molar-refractivity contribution in [3.8, 4) is 6.07 Å². The molecule has 3 heteroatoms. The maximum Gasteiger partial charge on any atom is 0.329 e. The molecule has 0 saturated heterocycles. The van der Waals surface area contributed by atoms with Gasteiger partial charge in [-0.2, -0.15) is 14.8 Å². The van der Waals surface area contributed by atoms with Gasteiger partial charge in [-0.3, -0.25) is 0 Å². The quantitative estimate of drug-likeness (QED) is 0.657. The SMILES string of the molecule is N#CC([O])(F)Cc1ccccc1. The van der Waals surface area contributed by atoms with Crippen LogP contribution < -0.4 is 0 Å². The van der Waals surface area contributed by atoms with Crippen LogP contribution >= 0.6 is 0 Å². The fourth-order valence-electron chi connectivity index (χ4n) is 0.898. The molecule has 0 aliphatic heterocycles. The first kappa shape index (κ1) is 8.69. The summed E-state index contributed by atoms with van der Waals surface area (Å²) in [5.41, 5.74) is 0.538. The molecule has 61 valence electrons. The molecule has 12 heavy (non-hydrogen) atoms. The number of alkyl halides is 1. The second-order valence-corrected chi connectivity index (χ2v) is 2.50. The van der Waals surface area contributed by atoms with E-state index < -0.39 is 12.3 Å². The highest BCUT2D eigenvalue weighted by Gasteiger charge is 2.27. The topological polar surface area (TPSA) is 43.7 Å². The van der Waals surface area contributed by atoms with E-state index in [1.54, 1.807) is 30.3 Å². The summed E-state index contributed by atoms with van der Waals surface area (Å²) < 4.78 is 12.6. The Kier molecular flexibility index (Phi) is 2.41. The van der Waals surface area contributed by atoms with Crippen molar-refractivity contribution < 1.29 is 9.50 Å². The molecule has 1 radical (unpaired) electrons. The number of benzene rings is 1. The molecule has 0 amide bonds. The molecule has 1 unspecified atom stereocenters. The van der Waals surface area contributed by atoms with Crippen LogP contribution in [0, 0.1) is 11.3 Å². The third kappa shape index (κ3) is 2.33. The number of halogens is 1. The zero-order valence-corrected chi connectivity index (χ0v) is 6.33. The molecule has 1 atom stereocenters. The Morgan fingerprint density at radius 1 is 1.42 bits per heavy atom. The minimum Gasteiger partial charge on any atom is -0.192 e. The van der Waals surface area contributed by atoms with Crippen LogP contribution in [-0.4, -0.2) is 5.85 Å². The molecule has 0 N–H and O–H groups in total. The van der Waals surface area contributed by atoms with Crippen molar-refractivity contribution in [2.45, 2.75) is 12.3 Å². The van der Waals surface area contributed by atoms with Crippen LogP contribution in [0.4, 0.5) is 4.39 Å². The van der Waals surface area contributed by atoms with Crippen LogP contribution in [0.15, 0.2) is 30.3 Å². The first-order valence-corrected chi connectivity index (χ1v) is 3.48. The molecule has 1 rings (SSSR count). The average Bonchev–Trinajstić information content (AvgIpc) is 2.06. The standard InChI is InChI=1S/C9H7FNO/c10-9(12,7-11)6-8-4-2-1-3-5-8/h1-5H,6H2. The zero-order chi connectivity index (χ0) is 9.03. The van der Waals surface area contributed by atoms with Crippen LogP contribution in [0.2, 0.25) is 0 Å². The highest BCUT2D eigenvalue weighted by atomic mass is 19.2. The van der Waals surface area contributed by atoms with Crippen molar-refractivity contribution in [3.63, 3.8) is 0 Å². The predicted octanol–water partition coefficient (Wildman–Crippen LogP) is 1.85. The minimum absolute atomic E-state index is 0.398. The Hall–Kier alpha value is -1.40. The highest BCUT2D eigenvalue weighted by molar-refractivity contribution is 5.18. The van der Waals surface area contributed by atoms with Gasteiger partial charge in [0.05, 0.1) is 0 Å². The largest absolute Gasteiger partial charge is 0.329 e. The zero-order valence-electron chi connectivity index (χ0n) is 6.33. The molecule has 0 aliphatic carbocycles. The number of hydrogen-bond donors (Lipinski definition) is 0. The van der Waals surface area contributed by atoms with Crippen molar-refractivity contribution in [1.82, 2.24) is 0 Å². The molecule has 2 nitrogen and oxygen atoms in total. The lowest BCUT2D eigenvalue weighted by molar-refractivity contribution is -0.0905. The van der Waals surface area contributed by atoms with Gasteiger partial charge in [-0.05, 0) is 5.56 Å². The third-order valence-electron chi connectivity index (χ3n) is 1.44. The normalized spacial score (nSPS) is 14.8. The van der Waals surface area contributed by atoms with Gasteiger partial charge in [-0.1, -0.05) is 30.3 Å². The molecule has 1 aromatic carbocycles. The lowest BCUT2D eigenvalue weighted by Gasteiger charge is -2.06. The molecular weight excluding hydrogens is 157 g/mol. The van der Waals surface area contributed by atoms with E-state index >= 15 is 0 Å². The lowest BCUT2D eigenvalue weighted by atomic mass is 10.1. The van der Waals surface area contributed by atoms with Gasteiger partial charge in [0.1, 0.15) is 6.07 Å². The van der Waals surface area contributed by atoms with Gasteiger partial charge < -0.3 is 0 Å². The summed E-state index contributed by atoms with van der Waals surface area (Å²) in [6.45, 7) is 0. The number of nitrogens with zero attached hydrogens (tertiary/aromatic N) is 1. The van der Waals surface area contributed by atoms with E-state index in [1.165, 1.54) is 0 Å². The Morgan fingerprint density at radius 2 is 2.00 bits per heavy atom. The van der Waals surface area contributed by atoms with Gasteiger partial charge in [0, 0.05) is 6.42 Å². The van der Waals surface area contributed by atoms with Crippen molar-refractivity contribution in [2.24, 2.45) is 0 Å². The van der Waals surface area contributed by atoms with Crippen molar-refractivity contribution in [1.29, 1.82) is 5.26 Å². The van der Waals surface area contributed by atoms with Crippen LogP contribution in [0.1, 0.15) is 5.56 Å². The van der Waals surface area contributed by atoms with Gasteiger partial charge in [0.2, 0.25) is 0 Å². The number of nitriles is 1. The molecule has 0 saturated carbocycles. The number of hydrogen-bond acceptors (Lipinski definition) is 1. The van der Waals surface area contributed by atoms with E-state index in [0.717, 1.165) is 6.07 Å². The molecule has 0 spiro atoms. The molecule has 0 bridgehead atoms. The molecular formula is C9H7FNO. The summed E-state index contributed by atoms with van der Waals surface area (Å²) in [5.74, 6) is -3.00. The van der Waals surface area contributed by atoms with Gasteiger partial charge in [0.25, 0.3) is 0 Å². The van der Waals surface area contributed by atoms with E-state index in [1.807, 2.05) is 0 Å². The van der Waals surface area contributed by atoms with Gasteiger partial charge in [-0.25, -0.2) is 0 Å². The van der Waals surface area contributed by atoms with Crippen LogP contribution in [0.5, 0.6) is 0 Å². The Balaban J connectivity index is 2.72. The Labute approximate surface area is 69.9 Å². The van der Waals surface area contributed by atoms with Crippen LogP contribution in [0.25, 0.3) is 0 Å². The van der Waals surface area contributed by atoms with E-state index in [4.69, 9.17) is 5.26 Å². The minimum atomic E-state index is -3.00. The van der Waals surface area contributed by atoms with Crippen LogP contribution in [-0.2, 0) is 11.5 Å². The first-order valence-electron chi connectivity index (χ1n) is 3.48. The van der Waals surface area contributed by atoms with Crippen molar-refractivity contribution in [3.05, 3.63) is 35.9 Å². The molecule has 0 heterocycles. The maximum atomic E-state index is 12.6. The predicted molar refractivity (Wildman–Crippen MR) is 40.3 cm³/mol. The third-order valence-corrected chi connectivity index (χ3v) is 1.44. The first-order chi connectivity index (χ1) is 5.64. The van der Waals surface area contributed by atoms with Crippen molar-refractivity contribution in [2.75, 3.05) is 0 Å². The smallest absolute Gasteiger partial charge is 0.192 e. The summed E-state index contributed by atoms with van der Waals surface area (Å²) in [7, 11) is 0. The van der Waals surface area contributed by atoms with E-state index in [2.05, 4.69) is 0 Å². The summed E-state index contributed by atoms with van der Waals surface area (Å²) in [5, 5.41) is 18.7. The summed E-state index contributed by atoms with van der Waals surface area (Å²) in [6, 6.07) is 9.46. The van der Waals surface area contributed by atoms with Gasteiger partial charge in [0.15, 0.2) is 0 Å². The van der Waals surface area contributed by atoms with Gasteiger partial charge >= 0.3 is 5.85 Å². The average molecular weight is 164 g/mol. The highest BCUT2D eigenvalue weighted by Crippen LogP contribution is 2.14. The summed E-state index contributed by atoms with van der Waals surface area (Å²) in [6.07, 6.45) is -0.398. The summed E-state index contributed by atoms with van der Waals surface area (Å²) in [4.78, 5) is 0. The summed E-state index contributed by atoms with van der Waals surface area (Å²) >= 11 is 0. The fraction of sp³-hybridized carbons (Fsp3) is 0.222. The second kappa shape index (κ2) is 3.33.